The smallest absolute Gasteiger partial charge is 0.272 e. The number of hydrogen-bond donors (Lipinski definition) is 2. The van der Waals surface area contributed by atoms with Crippen molar-refractivity contribution in [2.75, 3.05) is 16.4 Å². The molecule has 0 fully saturated rings. The number of carbonyl (C=O) groups excluding carboxylic acids is 2. The van der Waals surface area contributed by atoms with Gasteiger partial charge in [0.1, 0.15) is 5.69 Å². The molecule has 8 heteroatoms. The van der Waals surface area contributed by atoms with Crippen LogP contribution < -0.4 is 16.2 Å². The van der Waals surface area contributed by atoms with E-state index in [0.29, 0.717) is 46.0 Å². The van der Waals surface area contributed by atoms with E-state index in [0.717, 1.165) is 4.90 Å². The van der Waals surface area contributed by atoms with Gasteiger partial charge in [0.25, 0.3) is 11.5 Å². The third-order valence-corrected chi connectivity index (χ3v) is 5.63. The topological polar surface area (TPSA) is 93.1 Å². The average Bonchev–Trinajstić information content (AvgIpc) is 2.68. The Kier molecular flexibility index (Phi) is 4.64. The molecule has 0 atom stereocenters. The van der Waals surface area contributed by atoms with Crippen LogP contribution in [-0.2, 0) is 11.3 Å². The summed E-state index contributed by atoms with van der Waals surface area (Å²) in [6.07, 6.45) is 0. The van der Waals surface area contributed by atoms with E-state index in [1.54, 1.807) is 41.8 Å². The molecule has 1 aliphatic rings. The predicted molar refractivity (Wildman–Crippen MR) is 110 cm³/mol. The van der Waals surface area contributed by atoms with Crippen LogP contribution in [-0.4, -0.2) is 27.1 Å². The van der Waals surface area contributed by atoms with Gasteiger partial charge < -0.3 is 15.2 Å². The second-order valence-corrected chi connectivity index (χ2v) is 7.47. The summed E-state index contributed by atoms with van der Waals surface area (Å²) in [6, 6.07) is 10.5. The van der Waals surface area contributed by atoms with Crippen molar-refractivity contribution in [3.63, 3.8) is 0 Å². The van der Waals surface area contributed by atoms with Crippen LogP contribution in [0.1, 0.15) is 23.0 Å². The number of nitrogens with one attached hydrogen (secondary N) is 2. The van der Waals surface area contributed by atoms with E-state index in [9.17, 15) is 14.4 Å². The molecule has 2 aromatic carbocycles. The van der Waals surface area contributed by atoms with Gasteiger partial charge in [0.05, 0.1) is 22.5 Å². The lowest BCUT2D eigenvalue weighted by molar-refractivity contribution is -0.113. The van der Waals surface area contributed by atoms with E-state index in [4.69, 9.17) is 0 Å². The van der Waals surface area contributed by atoms with Crippen molar-refractivity contribution in [2.45, 2.75) is 25.3 Å². The quantitative estimate of drug-likeness (QED) is 0.712. The van der Waals surface area contributed by atoms with Gasteiger partial charge in [0, 0.05) is 22.7 Å². The molecule has 1 aliphatic heterocycles. The van der Waals surface area contributed by atoms with Crippen molar-refractivity contribution in [2.24, 2.45) is 0 Å². The molecule has 1 aromatic heterocycles. The Bertz CT molecular complexity index is 1190. The Morgan fingerprint density at radius 3 is 2.86 bits per heavy atom. The minimum Gasteiger partial charge on any atom is -0.324 e. The largest absolute Gasteiger partial charge is 0.324 e. The maximum Gasteiger partial charge on any atom is 0.272 e. The average molecular weight is 394 g/mol. The standard InChI is InChI=1S/C20H18N4O3S/c1-3-24-16-6-4-12(8-14(16)21-11(2)20(24)27)19(26)22-13-5-7-17-15(9-13)23-18(25)10-28-17/h4-9H,3,10H2,1-2H3,(H,22,26)(H,23,25). The maximum absolute atomic E-state index is 12.7. The van der Waals surface area contributed by atoms with Gasteiger partial charge in [-0.15, -0.1) is 11.8 Å². The highest BCUT2D eigenvalue weighted by Crippen LogP contribution is 2.33. The molecule has 0 radical (unpaired) electrons. The van der Waals surface area contributed by atoms with Gasteiger partial charge in [-0.2, -0.15) is 0 Å². The molecule has 2 heterocycles. The number of fused-ring (bicyclic) bond motifs is 2. The molecule has 0 aliphatic carbocycles. The van der Waals surface area contributed by atoms with E-state index in [1.807, 2.05) is 13.0 Å². The monoisotopic (exact) mass is 394 g/mol. The molecule has 0 unspecified atom stereocenters. The van der Waals surface area contributed by atoms with E-state index < -0.39 is 0 Å². The Balaban J connectivity index is 1.64. The molecular formula is C20H18N4O3S. The summed E-state index contributed by atoms with van der Waals surface area (Å²) in [6.45, 7) is 4.09. The van der Waals surface area contributed by atoms with Crippen molar-refractivity contribution in [3.05, 3.63) is 58.0 Å². The van der Waals surface area contributed by atoms with Gasteiger partial charge >= 0.3 is 0 Å². The third kappa shape index (κ3) is 3.27. The molecule has 0 saturated carbocycles. The lowest BCUT2D eigenvalue weighted by Crippen LogP contribution is -2.23. The maximum atomic E-state index is 12.7. The molecule has 2 amide bonds. The first-order valence-corrected chi connectivity index (χ1v) is 9.84. The fourth-order valence-corrected chi connectivity index (χ4v) is 3.98. The number of anilines is 2. The van der Waals surface area contributed by atoms with Gasteiger partial charge in [0.15, 0.2) is 0 Å². The molecule has 28 heavy (non-hydrogen) atoms. The highest BCUT2D eigenvalue weighted by Gasteiger charge is 2.17. The number of aryl methyl sites for hydroxylation is 2. The predicted octanol–water partition coefficient (Wildman–Crippen LogP) is 3.02. The number of rotatable bonds is 3. The summed E-state index contributed by atoms with van der Waals surface area (Å²) < 4.78 is 1.64. The van der Waals surface area contributed by atoms with Crippen molar-refractivity contribution in [3.8, 4) is 0 Å². The number of thioether (sulfide) groups is 1. The molecule has 4 rings (SSSR count). The van der Waals surface area contributed by atoms with Gasteiger partial charge in [0.2, 0.25) is 5.91 Å². The summed E-state index contributed by atoms with van der Waals surface area (Å²) in [5, 5.41) is 5.65. The van der Waals surface area contributed by atoms with Crippen LogP contribution in [0.5, 0.6) is 0 Å². The first-order chi connectivity index (χ1) is 13.5. The number of benzene rings is 2. The number of carbonyl (C=O) groups is 2. The molecule has 2 N–H and O–H groups in total. The fourth-order valence-electron chi connectivity index (χ4n) is 3.19. The van der Waals surface area contributed by atoms with Crippen molar-refractivity contribution in [1.29, 1.82) is 0 Å². The summed E-state index contributed by atoms with van der Waals surface area (Å²) >= 11 is 1.47. The zero-order valence-electron chi connectivity index (χ0n) is 15.4. The molecule has 3 aromatic rings. The zero-order valence-corrected chi connectivity index (χ0v) is 16.2. The Labute approximate surface area is 165 Å². The van der Waals surface area contributed by atoms with Crippen LogP contribution >= 0.6 is 11.8 Å². The van der Waals surface area contributed by atoms with E-state index in [-0.39, 0.29) is 17.4 Å². The summed E-state index contributed by atoms with van der Waals surface area (Å²) in [7, 11) is 0. The lowest BCUT2D eigenvalue weighted by atomic mass is 10.1. The Hall–Kier alpha value is -3.13. The minimum atomic E-state index is -0.287. The van der Waals surface area contributed by atoms with Gasteiger partial charge in [-0.1, -0.05) is 0 Å². The number of hydrogen-bond acceptors (Lipinski definition) is 5. The van der Waals surface area contributed by atoms with Crippen LogP contribution in [0.3, 0.4) is 0 Å². The van der Waals surface area contributed by atoms with Crippen LogP contribution in [0, 0.1) is 6.92 Å². The molecule has 7 nitrogen and oxygen atoms in total. The minimum absolute atomic E-state index is 0.0566. The summed E-state index contributed by atoms with van der Waals surface area (Å²) in [5.74, 6) is 0.0506. The van der Waals surface area contributed by atoms with Crippen LogP contribution in [0.25, 0.3) is 11.0 Å². The van der Waals surface area contributed by atoms with Crippen LogP contribution in [0.2, 0.25) is 0 Å². The highest BCUT2D eigenvalue weighted by atomic mass is 32.2. The number of amides is 2. The number of aromatic nitrogens is 2. The molecule has 0 spiro atoms. The van der Waals surface area contributed by atoms with Gasteiger partial charge in [-0.3, -0.25) is 14.4 Å². The molecular weight excluding hydrogens is 376 g/mol. The van der Waals surface area contributed by atoms with Crippen molar-refractivity contribution >= 4 is 46.0 Å². The molecule has 142 valence electrons. The van der Waals surface area contributed by atoms with Gasteiger partial charge in [-0.05, 0) is 50.2 Å². The normalized spacial score (nSPS) is 13.1. The van der Waals surface area contributed by atoms with E-state index >= 15 is 0 Å². The van der Waals surface area contributed by atoms with Gasteiger partial charge in [-0.25, -0.2) is 4.98 Å². The summed E-state index contributed by atoms with van der Waals surface area (Å²) in [5.41, 5.74) is 3.30. The first kappa shape index (κ1) is 18.2. The van der Waals surface area contributed by atoms with Crippen molar-refractivity contribution in [1.82, 2.24) is 9.55 Å². The molecule has 0 saturated heterocycles. The highest BCUT2D eigenvalue weighted by molar-refractivity contribution is 8.00. The van der Waals surface area contributed by atoms with E-state index in [2.05, 4.69) is 15.6 Å². The Morgan fingerprint density at radius 1 is 1.25 bits per heavy atom. The first-order valence-electron chi connectivity index (χ1n) is 8.85. The zero-order chi connectivity index (χ0) is 19.8. The third-order valence-electron chi connectivity index (χ3n) is 4.56. The fraction of sp³-hybridized carbons (Fsp3) is 0.200. The molecule has 0 bridgehead atoms. The van der Waals surface area contributed by atoms with E-state index in [1.165, 1.54) is 11.8 Å². The summed E-state index contributed by atoms with van der Waals surface area (Å²) in [4.78, 5) is 41.8. The lowest BCUT2D eigenvalue weighted by Gasteiger charge is -2.17. The van der Waals surface area contributed by atoms with Crippen LogP contribution in [0.4, 0.5) is 11.4 Å². The second kappa shape index (κ2) is 7.12. The SMILES string of the molecule is CCn1c(=O)c(C)nc2cc(C(=O)Nc3ccc4c(c3)NC(=O)CS4)ccc21. The number of nitrogens with zero attached hydrogens (tertiary/aromatic N) is 2. The second-order valence-electron chi connectivity index (χ2n) is 6.45. The Morgan fingerprint density at radius 2 is 2.07 bits per heavy atom. The van der Waals surface area contributed by atoms with Crippen molar-refractivity contribution < 1.29 is 9.59 Å². The van der Waals surface area contributed by atoms with Crippen LogP contribution in [0.15, 0.2) is 46.1 Å².